The second kappa shape index (κ2) is 14.9. The molecular weight excluding hydrogens is 733 g/mol. The van der Waals surface area contributed by atoms with Crippen LogP contribution >= 0.6 is 0 Å². The third-order valence-corrected chi connectivity index (χ3v) is 12.1. The number of rotatable bonds is 8. The maximum absolute atomic E-state index is 6.92. The van der Waals surface area contributed by atoms with Crippen LogP contribution in [0.3, 0.4) is 0 Å². The van der Waals surface area contributed by atoms with Gasteiger partial charge < -0.3 is 14.5 Å². The number of nitrogens with zero attached hydrogens (tertiary/aromatic N) is 4. The van der Waals surface area contributed by atoms with E-state index in [-0.39, 0.29) is 16.2 Å². The van der Waals surface area contributed by atoms with Crippen molar-refractivity contribution in [3.63, 3.8) is 0 Å². The van der Waals surface area contributed by atoms with E-state index in [0.29, 0.717) is 6.67 Å². The predicted octanol–water partition coefficient (Wildman–Crippen LogP) is 14.3. The van der Waals surface area contributed by atoms with E-state index in [0.717, 1.165) is 50.6 Å². The molecule has 1 aliphatic rings. The molecular formula is C55H54N4O. The van der Waals surface area contributed by atoms with Gasteiger partial charge in [0, 0.05) is 58.3 Å². The molecule has 60 heavy (non-hydrogen) atoms. The molecule has 0 atom stereocenters. The lowest BCUT2D eigenvalue weighted by Crippen LogP contribution is -2.25. The highest BCUT2D eigenvalue weighted by atomic mass is 16.5. The molecule has 2 aromatic heterocycles. The summed E-state index contributed by atoms with van der Waals surface area (Å²) >= 11 is 0. The molecule has 5 nitrogen and oxygen atoms in total. The topological polar surface area (TPSA) is 33.5 Å². The number of pyridine rings is 1. The van der Waals surface area contributed by atoms with Crippen molar-refractivity contribution in [3.8, 4) is 28.4 Å². The molecule has 0 N–H and O–H groups in total. The van der Waals surface area contributed by atoms with Crippen molar-refractivity contribution < 1.29 is 4.74 Å². The first-order valence-electron chi connectivity index (χ1n) is 21.0. The SMILES string of the molecule is CC(C)(C)c1cccc(N2C=CN(c3cc(Oc4ccc5c6cc(C(C)(C)c7ccccc7)ccc6n(-c6cc(C(C)(C)C)ccn6)c5c4)cc(-c4ccccc4)c3)C2)c1. The summed E-state index contributed by atoms with van der Waals surface area (Å²) in [5, 5.41) is 2.34. The number of hydrogen-bond acceptors (Lipinski definition) is 4. The molecule has 1 aliphatic heterocycles. The summed E-state index contributed by atoms with van der Waals surface area (Å²) in [4.78, 5) is 9.56. The van der Waals surface area contributed by atoms with Crippen LogP contribution in [0.4, 0.5) is 11.4 Å². The lowest BCUT2D eigenvalue weighted by molar-refractivity contribution is 0.483. The van der Waals surface area contributed by atoms with E-state index in [4.69, 9.17) is 9.72 Å². The highest BCUT2D eigenvalue weighted by Gasteiger charge is 2.26. The molecule has 0 saturated carbocycles. The van der Waals surface area contributed by atoms with Crippen LogP contribution in [0.1, 0.15) is 77.6 Å². The van der Waals surface area contributed by atoms with Crippen LogP contribution in [0.15, 0.2) is 170 Å². The van der Waals surface area contributed by atoms with Crippen LogP contribution in [-0.4, -0.2) is 16.2 Å². The lowest BCUT2D eigenvalue weighted by Gasteiger charge is -2.26. The summed E-state index contributed by atoms with van der Waals surface area (Å²) in [6, 6.07) is 54.5. The molecule has 5 heteroatoms. The van der Waals surface area contributed by atoms with Gasteiger partial charge in [-0.3, -0.25) is 4.57 Å². The van der Waals surface area contributed by atoms with E-state index in [1.807, 2.05) is 6.20 Å². The minimum Gasteiger partial charge on any atom is -0.457 e. The summed E-state index contributed by atoms with van der Waals surface area (Å²) in [7, 11) is 0. The predicted molar refractivity (Wildman–Crippen MR) is 252 cm³/mol. The van der Waals surface area contributed by atoms with Crippen molar-refractivity contribution in [1.29, 1.82) is 0 Å². The Kier molecular flexibility index (Phi) is 9.66. The fourth-order valence-corrected chi connectivity index (χ4v) is 8.38. The molecule has 0 bridgehead atoms. The smallest absolute Gasteiger partial charge is 0.137 e. The zero-order valence-electron chi connectivity index (χ0n) is 36.1. The third kappa shape index (κ3) is 7.45. The Labute approximate surface area is 355 Å². The molecule has 6 aromatic carbocycles. The van der Waals surface area contributed by atoms with Crippen LogP contribution in [0, 0.1) is 0 Å². The Hall–Kier alpha value is -6.59. The first-order valence-corrected chi connectivity index (χ1v) is 21.0. The first kappa shape index (κ1) is 38.9. The Morgan fingerprint density at radius 3 is 1.88 bits per heavy atom. The summed E-state index contributed by atoms with van der Waals surface area (Å²) in [6.07, 6.45) is 6.26. The normalized spacial score (nSPS) is 13.5. The second-order valence-electron chi connectivity index (χ2n) is 18.8. The highest BCUT2D eigenvalue weighted by Crippen LogP contribution is 2.41. The van der Waals surface area contributed by atoms with Crippen LogP contribution in [0.2, 0.25) is 0 Å². The van der Waals surface area contributed by atoms with Gasteiger partial charge in [0.2, 0.25) is 0 Å². The van der Waals surface area contributed by atoms with Gasteiger partial charge in [-0.15, -0.1) is 0 Å². The van der Waals surface area contributed by atoms with Crippen LogP contribution in [-0.2, 0) is 16.2 Å². The number of fused-ring (bicyclic) bond motifs is 3. The molecule has 0 unspecified atom stereocenters. The monoisotopic (exact) mass is 786 g/mol. The number of ether oxygens (including phenoxy) is 1. The molecule has 8 aromatic rings. The lowest BCUT2D eigenvalue weighted by atomic mass is 9.78. The Balaban J connectivity index is 1.13. The minimum atomic E-state index is -0.184. The van der Waals surface area contributed by atoms with Crippen molar-refractivity contribution >= 4 is 33.2 Å². The van der Waals surface area contributed by atoms with Gasteiger partial charge in [0.1, 0.15) is 17.3 Å². The van der Waals surface area contributed by atoms with Crippen LogP contribution in [0.25, 0.3) is 38.8 Å². The van der Waals surface area contributed by atoms with Crippen molar-refractivity contribution in [2.75, 3.05) is 16.5 Å². The number of hydrogen-bond donors (Lipinski definition) is 0. The standard InChI is InChI=1S/C55H54N4O/c1-53(2,3)41-20-15-21-44(32-41)57-28-29-58(37-57)45-30-39(38-16-11-9-12-17-38)31-47(35-45)60-46-23-24-48-49-33-43(55(7,8)40-18-13-10-14-19-40)22-25-50(49)59(51(48)36-46)52-34-42(26-27-56-52)54(4,5)6/h9-36H,37H2,1-8H3. The summed E-state index contributed by atoms with van der Waals surface area (Å²) in [6.45, 7) is 18.8. The molecule has 0 amide bonds. The Morgan fingerprint density at radius 2 is 1.15 bits per heavy atom. The van der Waals surface area contributed by atoms with Gasteiger partial charge >= 0.3 is 0 Å². The fraction of sp³-hybridized carbons (Fsp3) is 0.218. The Bertz CT molecular complexity index is 2870. The van der Waals surface area contributed by atoms with Gasteiger partial charge in [-0.05, 0) is 105 Å². The summed E-state index contributed by atoms with van der Waals surface area (Å²) in [5.41, 5.74) is 11.6. The first-order chi connectivity index (χ1) is 28.7. The molecule has 0 radical (unpaired) electrons. The van der Waals surface area contributed by atoms with Crippen LogP contribution < -0.4 is 14.5 Å². The molecule has 3 heterocycles. The van der Waals surface area contributed by atoms with Gasteiger partial charge in [-0.2, -0.15) is 0 Å². The van der Waals surface area contributed by atoms with Gasteiger partial charge in [0.15, 0.2) is 0 Å². The van der Waals surface area contributed by atoms with Gasteiger partial charge in [-0.1, -0.05) is 134 Å². The Morgan fingerprint density at radius 1 is 0.467 bits per heavy atom. The zero-order chi connectivity index (χ0) is 41.8. The third-order valence-electron chi connectivity index (χ3n) is 12.1. The largest absolute Gasteiger partial charge is 0.457 e. The number of anilines is 2. The number of benzene rings is 6. The quantitative estimate of drug-likeness (QED) is 0.154. The second-order valence-corrected chi connectivity index (χ2v) is 18.8. The zero-order valence-corrected chi connectivity index (χ0v) is 36.1. The highest BCUT2D eigenvalue weighted by molar-refractivity contribution is 6.10. The maximum Gasteiger partial charge on any atom is 0.137 e. The van der Waals surface area contributed by atoms with E-state index in [9.17, 15) is 0 Å². The van der Waals surface area contributed by atoms with E-state index < -0.39 is 0 Å². The van der Waals surface area contributed by atoms with Crippen molar-refractivity contribution in [3.05, 3.63) is 193 Å². The molecule has 0 fully saturated rings. The number of aromatic nitrogens is 2. The van der Waals surface area contributed by atoms with E-state index in [1.165, 1.54) is 33.3 Å². The van der Waals surface area contributed by atoms with E-state index in [2.05, 4.69) is 234 Å². The van der Waals surface area contributed by atoms with Gasteiger partial charge in [-0.25, -0.2) is 4.98 Å². The van der Waals surface area contributed by atoms with Gasteiger partial charge in [0.25, 0.3) is 0 Å². The minimum absolute atomic E-state index is 0.0307. The van der Waals surface area contributed by atoms with Crippen LogP contribution in [0.5, 0.6) is 11.5 Å². The average molecular weight is 787 g/mol. The molecule has 0 spiro atoms. The average Bonchev–Trinajstić information content (AvgIpc) is 3.87. The fourth-order valence-electron chi connectivity index (χ4n) is 8.38. The van der Waals surface area contributed by atoms with E-state index in [1.54, 1.807) is 0 Å². The maximum atomic E-state index is 6.92. The molecule has 0 saturated heterocycles. The van der Waals surface area contributed by atoms with E-state index >= 15 is 0 Å². The van der Waals surface area contributed by atoms with Crippen molar-refractivity contribution in [2.45, 2.75) is 71.6 Å². The summed E-state index contributed by atoms with van der Waals surface area (Å²) in [5.74, 6) is 2.42. The summed E-state index contributed by atoms with van der Waals surface area (Å²) < 4.78 is 9.22. The van der Waals surface area contributed by atoms with Gasteiger partial charge in [0.05, 0.1) is 17.7 Å². The molecule has 9 rings (SSSR count). The van der Waals surface area contributed by atoms with Crippen molar-refractivity contribution in [1.82, 2.24) is 9.55 Å². The van der Waals surface area contributed by atoms with Crippen molar-refractivity contribution in [2.24, 2.45) is 0 Å². The molecule has 0 aliphatic carbocycles. The molecule has 300 valence electrons.